The number of hydrogen-bond acceptors (Lipinski definition) is 10. The third-order valence-corrected chi connectivity index (χ3v) is 4.90. The summed E-state index contributed by atoms with van der Waals surface area (Å²) in [5.41, 5.74) is 0. The Bertz CT molecular complexity index is 658. The van der Waals surface area contributed by atoms with E-state index in [0.29, 0.717) is 38.6 Å². The molecule has 0 radical (unpaired) electrons. The van der Waals surface area contributed by atoms with E-state index >= 15 is 0 Å². The molecule has 0 spiro atoms. The molecule has 0 saturated heterocycles. The predicted molar refractivity (Wildman–Crippen MR) is 187 cm³/mol. The molecule has 1 fully saturated rings. The molecule has 0 N–H and O–H groups in total. The highest BCUT2D eigenvalue weighted by Crippen LogP contribution is 2.23. The Morgan fingerprint density at radius 2 is 0.587 bits per heavy atom. The van der Waals surface area contributed by atoms with E-state index in [1.165, 1.54) is 62.6 Å². The molecule has 0 heterocycles. The van der Waals surface area contributed by atoms with Gasteiger partial charge in [0.05, 0.1) is 101 Å². The molecule has 0 aromatic heterocycles. The molecule has 0 aromatic carbocycles. The monoisotopic (exact) mass is 652 g/mol. The maximum atomic E-state index is 5.29. The number of unbranched alkanes of at least 4 members (excludes halogenated alkanes) is 1. The van der Waals surface area contributed by atoms with Crippen LogP contribution in [0.4, 0.5) is 0 Å². The van der Waals surface area contributed by atoms with Crippen LogP contribution in [0.5, 0.6) is 0 Å². The Labute approximate surface area is 279 Å². The largest absolute Gasteiger partial charge is 0.502 e. The molecule has 10 nitrogen and oxygen atoms in total. The van der Waals surface area contributed by atoms with Gasteiger partial charge in [0.2, 0.25) is 6.79 Å². The lowest BCUT2D eigenvalue weighted by Crippen LogP contribution is -2.24. The van der Waals surface area contributed by atoms with Crippen LogP contribution >= 0.6 is 0 Å². The smallest absolute Gasteiger partial charge is 0.229 e. The second-order valence-corrected chi connectivity index (χ2v) is 8.07. The molecule has 0 aromatic rings. The maximum Gasteiger partial charge on any atom is 0.229 e. The van der Waals surface area contributed by atoms with E-state index in [9.17, 15) is 0 Å². The lowest BCUT2D eigenvalue weighted by molar-refractivity contribution is 0.0360. The van der Waals surface area contributed by atoms with Crippen molar-refractivity contribution >= 4 is 0 Å². The minimum atomic E-state index is 0.201. The van der Waals surface area contributed by atoms with E-state index in [4.69, 9.17) is 37.9 Å². The molecule has 264 valence electrons. The normalized spacial score (nSPS) is 13.3. The minimum Gasteiger partial charge on any atom is -0.502 e. The molecule has 10 heteroatoms. The van der Waals surface area contributed by atoms with Gasteiger partial charge in [-0.05, 0) is 38.5 Å². The third kappa shape index (κ3) is 52.1. The molecule has 0 aliphatic heterocycles. The number of hydrogen-bond donors (Lipinski definition) is 0. The second-order valence-electron chi connectivity index (χ2n) is 8.07. The average molecular weight is 653 g/mol. The van der Waals surface area contributed by atoms with Gasteiger partial charge in [0.15, 0.2) is 0 Å². The van der Waals surface area contributed by atoms with Gasteiger partial charge in [0, 0.05) is 6.42 Å². The molecule has 46 heavy (non-hydrogen) atoms. The quantitative estimate of drug-likeness (QED) is 0.0512. The van der Waals surface area contributed by atoms with Crippen LogP contribution in [0.3, 0.4) is 0 Å². The van der Waals surface area contributed by atoms with E-state index < -0.39 is 0 Å². The fourth-order valence-electron chi connectivity index (χ4n) is 2.90. The lowest BCUT2D eigenvalue weighted by atomic mass is 9.95. The van der Waals surface area contributed by atoms with E-state index in [0.717, 1.165) is 58.2 Å². The van der Waals surface area contributed by atoms with Crippen molar-refractivity contribution in [2.45, 2.75) is 57.2 Å². The first kappa shape index (κ1) is 48.3. The Morgan fingerprint density at radius 3 is 0.848 bits per heavy atom. The van der Waals surface area contributed by atoms with Gasteiger partial charge in [-0.25, -0.2) is 0 Å². The van der Waals surface area contributed by atoms with Crippen molar-refractivity contribution in [1.82, 2.24) is 0 Å². The molecule has 0 bridgehead atoms. The second kappa shape index (κ2) is 50.0. The molecular formula is C36H60O10. The zero-order valence-corrected chi connectivity index (χ0v) is 28.0. The van der Waals surface area contributed by atoms with Crippen molar-refractivity contribution in [3.63, 3.8) is 0 Å². The summed E-state index contributed by atoms with van der Waals surface area (Å²) in [4.78, 5) is 0. The van der Waals surface area contributed by atoms with E-state index in [1.807, 2.05) is 0 Å². The number of rotatable bonds is 26. The minimum absolute atomic E-state index is 0.201. The fourth-order valence-corrected chi connectivity index (χ4v) is 2.90. The first-order valence-electron chi connectivity index (χ1n) is 14.9. The van der Waals surface area contributed by atoms with Crippen LogP contribution in [0.1, 0.15) is 44.9 Å². The van der Waals surface area contributed by atoms with Gasteiger partial charge in [-0.15, -0.1) is 0 Å². The van der Waals surface area contributed by atoms with Crippen molar-refractivity contribution in [1.29, 1.82) is 0 Å². The van der Waals surface area contributed by atoms with Gasteiger partial charge in [-0.1, -0.05) is 65.8 Å². The Morgan fingerprint density at radius 1 is 0.326 bits per heavy atom. The Balaban J connectivity index is -0.000000243. The summed E-state index contributed by atoms with van der Waals surface area (Å²) in [6, 6.07) is 0. The van der Waals surface area contributed by atoms with Crippen LogP contribution in [0, 0.1) is 0 Å². The van der Waals surface area contributed by atoms with Crippen molar-refractivity contribution in [3.05, 3.63) is 128 Å². The number of ether oxygens (including phenoxy) is 10. The van der Waals surface area contributed by atoms with Gasteiger partial charge >= 0.3 is 0 Å². The SMILES string of the molecule is C=COC1CCC(OC=C)CC1.C=COCCCCOC=C.C=COCCCOC=C.C=COCCOC=C.C=COCOC=C. The molecule has 0 atom stereocenters. The average Bonchev–Trinajstić information content (AvgIpc) is 3.07. The van der Waals surface area contributed by atoms with Gasteiger partial charge < -0.3 is 47.4 Å². The zero-order valence-electron chi connectivity index (χ0n) is 28.0. The van der Waals surface area contributed by atoms with Gasteiger partial charge in [-0.3, -0.25) is 0 Å². The molecule has 0 amide bonds. The topological polar surface area (TPSA) is 92.3 Å². The molecule has 1 rings (SSSR count). The summed E-state index contributed by atoms with van der Waals surface area (Å²) < 4.78 is 48.6. The van der Waals surface area contributed by atoms with Crippen molar-refractivity contribution in [2.24, 2.45) is 0 Å². The Hall–Kier alpha value is -4.60. The third-order valence-electron chi connectivity index (χ3n) is 4.90. The summed E-state index contributed by atoms with van der Waals surface area (Å²) in [6.07, 6.45) is 22.0. The predicted octanol–water partition coefficient (Wildman–Crippen LogP) is 8.97. The lowest BCUT2D eigenvalue weighted by Gasteiger charge is -2.27. The molecule has 1 saturated carbocycles. The first-order valence-corrected chi connectivity index (χ1v) is 14.9. The molecule has 0 unspecified atom stereocenters. The zero-order chi connectivity index (χ0) is 35.2. The highest BCUT2D eigenvalue weighted by atomic mass is 16.7. The summed E-state index contributed by atoms with van der Waals surface area (Å²) in [6.45, 7) is 38.1. The Kier molecular flexibility index (Phi) is 52.6. The summed E-state index contributed by atoms with van der Waals surface area (Å²) >= 11 is 0. The summed E-state index contributed by atoms with van der Waals surface area (Å²) in [5, 5.41) is 0. The van der Waals surface area contributed by atoms with E-state index in [1.54, 1.807) is 0 Å². The summed E-state index contributed by atoms with van der Waals surface area (Å²) in [7, 11) is 0. The van der Waals surface area contributed by atoms with Crippen molar-refractivity contribution in [2.75, 3.05) is 46.4 Å². The van der Waals surface area contributed by atoms with Crippen LogP contribution in [0.25, 0.3) is 0 Å². The van der Waals surface area contributed by atoms with Crippen LogP contribution in [-0.4, -0.2) is 58.6 Å². The van der Waals surface area contributed by atoms with Crippen LogP contribution in [-0.2, 0) is 47.4 Å². The van der Waals surface area contributed by atoms with E-state index in [-0.39, 0.29) is 6.79 Å². The molecule has 1 aliphatic carbocycles. The van der Waals surface area contributed by atoms with Crippen molar-refractivity contribution in [3.8, 4) is 0 Å². The van der Waals surface area contributed by atoms with Crippen LogP contribution in [0.2, 0.25) is 0 Å². The van der Waals surface area contributed by atoms with Gasteiger partial charge in [0.1, 0.15) is 13.2 Å². The van der Waals surface area contributed by atoms with Crippen LogP contribution in [0.15, 0.2) is 128 Å². The molecule has 1 aliphatic rings. The maximum absolute atomic E-state index is 5.29. The highest BCUT2D eigenvalue weighted by molar-refractivity contribution is 4.76. The fraction of sp³-hybridized carbons (Fsp3) is 0.444. The summed E-state index contributed by atoms with van der Waals surface area (Å²) in [5.74, 6) is 0. The van der Waals surface area contributed by atoms with Crippen molar-refractivity contribution < 1.29 is 47.4 Å². The van der Waals surface area contributed by atoms with Crippen LogP contribution < -0.4 is 0 Å². The highest BCUT2D eigenvalue weighted by Gasteiger charge is 2.21. The van der Waals surface area contributed by atoms with Gasteiger partial charge in [-0.2, -0.15) is 0 Å². The first-order chi connectivity index (χ1) is 22.5. The van der Waals surface area contributed by atoms with Gasteiger partial charge in [0.25, 0.3) is 0 Å². The van der Waals surface area contributed by atoms with E-state index in [2.05, 4.69) is 75.3 Å². The molecular weight excluding hydrogens is 592 g/mol. The standard InChI is InChI=1S/C10H16O2.C8H14O2.C7H12O2.C6H10O2.C5H8O2/c1-3-11-9-5-7-10(8-6-9)12-4-2;1-3-9-7-5-6-8-10-4-2;1-3-8-6-5-7-9-4-2;1-3-7-5-6-8-4-2;1-3-6-5-7-4-2/h3-4,9-10H,1-2,5-8H2;3-4H,1-2,5-8H2;3-4H,1-2,5-7H2;3-4H,1-2,5-6H2;3-4H,1-2,5H2.